The van der Waals surface area contributed by atoms with Gasteiger partial charge in [0.25, 0.3) is 0 Å². The molecule has 0 radical (unpaired) electrons. The van der Waals surface area contributed by atoms with Crippen molar-refractivity contribution in [2.24, 2.45) is 5.92 Å². The molecular formula is C20H31N5O2. The summed E-state index contributed by atoms with van der Waals surface area (Å²) in [5.74, 6) is 0.195. The van der Waals surface area contributed by atoms with Crippen LogP contribution in [0.4, 0.5) is 4.79 Å². The molecule has 3 amide bonds. The number of hydrogen-bond donors (Lipinski definition) is 2. The first-order valence-electron chi connectivity index (χ1n) is 10.1. The molecule has 27 heavy (non-hydrogen) atoms. The Morgan fingerprint density at radius 1 is 1.19 bits per heavy atom. The molecule has 3 heterocycles. The summed E-state index contributed by atoms with van der Waals surface area (Å²) in [6.07, 6.45) is 7.51. The van der Waals surface area contributed by atoms with Gasteiger partial charge in [-0.05, 0) is 50.8 Å². The van der Waals surface area contributed by atoms with Crippen LogP contribution in [0, 0.1) is 5.92 Å². The molecule has 0 aromatic carbocycles. The summed E-state index contributed by atoms with van der Waals surface area (Å²) in [5, 5.41) is 5.94. The maximum absolute atomic E-state index is 12.6. The monoisotopic (exact) mass is 373 g/mol. The lowest BCUT2D eigenvalue weighted by Crippen LogP contribution is -2.52. The van der Waals surface area contributed by atoms with Crippen LogP contribution in [-0.2, 0) is 11.3 Å². The Bertz CT molecular complexity index is 616. The van der Waals surface area contributed by atoms with Crippen molar-refractivity contribution in [2.75, 3.05) is 32.7 Å². The Morgan fingerprint density at radius 2 is 2.00 bits per heavy atom. The predicted molar refractivity (Wildman–Crippen MR) is 104 cm³/mol. The topological polar surface area (TPSA) is 77.6 Å². The van der Waals surface area contributed by atoms with Crippen LogP contribution in [0.2, 0.25) is 0 Å². The molecular weight excluding hydrogens is 342 g/mol. The number of aromatic nitrogens is 1. The van der Waals surface area contributed by atoms with Gasteiger partial charge in [-0.15, -0.1) is 0 Å². The first kappa shape index (κ1) is 19.6. The van der Waals surface area contributed by atoms with E-state index in [1.54, 1.807) is 12.4 Å². The Kier molecular flexibility index (Phi) is 7.04. The number of amides is 3. The van der Waals surface area contributed by atoms with Crippen molar-refractivity contribution < 1.29 is 9.59 Å². The number of pyridine rings is 1. The van der Waals surface area contributed by atoms with Gasteiger partial charge in [-0.25, -0.2) is 4.79 Å². The van der Waals surface area contributed by atoms with Crippen molar-refractivity contribution in [3.05, 3.63) is 30.1 Å². The van der Waals surface area contributed by atoms with E-state index < -0.39 is 0 Å². The lowest BCUT2D eigenvalue weighted by molar-refractivity contribution is -0.127. The summed E-state index contributed by atoms with van der Waals surface area (Å²) in [6, 6.07) is 4.38. The second-order valence-corrected chi connectivity index (χ2v) is 7.47. The van der Waals surface area contributed by atoms with Crippen LogP contribution >= 0.6 is 0 Å². The third-order valence-electron chi connectivity index (χ3n) is 5.61. The van der Waals surface area contributed by atoms with Gasteiger partial charge in [-0.1, -0.05) is 6.07 Å². The van der Waals surface area contributed by atoms with Crippen LogP contribution in [0.25, 0.3) is 0 Å². The number of carbonyl (C=O) groups excluding carboxylic acids is 2. The third-order valence-corrected chi connectivity index (χ3v) is 5.61. The van der Waals surface area contributed by atoms with E-state index in [4.69, 9.17) is 0 Å². The van der Waals surface area contributed by atoms with Crippen molar-refractivity contribution in [1.29, 1.82) is 0 Å². The smallest absolute Gasteiger partial charge is 0.317 e. The molecule has 2 N–H and O–H groups in total. The van der Waals surface area contributed by atoms with E-state index in [-0.39, 0.29) is 17.9 Å². The van der Waals surface area contributed by atoms with Crippen molar-refractivity contribution in [1.82, 2.24) is 25.4 Å². The molecule has 2 aliphatic heterocycles. The summed E-state index contributed by atoms with van der Waals surface area (Å²) in [6.45, 7) is 6.62. The Labute approximate surface area is 161 Å². The molecule has 3 rings (SSSR count). The number of carbonyl (C=O) groups is 2. The lowest BCUT2D eigenvalue weighted by atomic mass is 9.93. The normalized spacial score (nSPS) is 21.7. The largest absolute Gasteiger partial charge is 0.352 e. The maximum Gasteiger partial charge on any atom is 0.317 e. The van der Waals surface area contributed by atoms with Crippen molar-refractivity contribution in [3.8, 4) is 0 Å². The molecule has 148 valence electrons. The summed E-state index contributed by atoms with van der Waals surface area (Å²) >= 11 is 0. The average molecular weight is 374 g/mol. The van der Waals surface area contributed by atoms with Gasteiger partial charge in [0.15, 0.2) is 0 Å². The molecule has 2 aliphatic rings. The van der Waals surface area contributed by atoms with Gasteiger partial charge in [0.1, 0.15) is 0 Å². The highest BCUT2D eigenvalue weighted by Crippen LogP contribution is 2.24. The number of likely N-dealkylation sites (tertiary alicyclic amines) is 2. The highest BCUT2D eigenvalue weighted by molar-refractivity contribution is 5.79. The van der Waals surface area contributed by atoms with Gasteiger partial charge in [-0.2, -0.15) is 0 Å². The highest BCUT2D eigenvalue weighted by Gasteiger charge is 2.32. The molecule has 0 bridgehead atoms. The molecule has 0 unspecified atom stereocenters. The number of rotatable bonds is 5. The number of nitrogens with one attached hydrogen (secondary N) is 2. The van der Waals surface area contributed by atoms with E-state index in [1.165, 1.54) is 0 Å². The summed E-state index contributed by atoms with van der Waals surface area (Å²) in [7, 11) is 0. The molecule has 2 saturated heterocycles. The van der Waals surface area contributed by atoms with Crippen LogP contribution < -0.4 is 10.6 Å². The van der Waals surface area contributed by atoms with E-state index in [2.05, 4.69) is 20.5 Å². The molecule has 2 fully saturated rings. The number of piperidine rings is 2. The Morgan fingerprint density at radius 3 is 2.70 bits per heavy atom. The molecule has 1 atom stereocenters. The zero-order chi connectivity index (χ0) is 19.1. The van der Waals surface area contributed by atoms with E-state index in [9.17, 15) is 9.59 Å². The Hall–Kier alpha value is -2.15. The quantitative estimate of drug-likeness (QED) is 0.822. The molecule has 1 aromatic rings. The average Bonchev–Trinajstić information content (AvgIpc) is 2.73. The zero-order valence-electron chi connectivity index (χ0n) is 16.2. The van der Waals surface area contributed by atoms with Gasteiger partial charge < -0.3 is 15.5 Å². The summed E-state index contributed by atoms with van der Waals surface area (Å²) < 4.78 is 0. The maximum atomic E-state index is 12.6. The van der Waals surface area contributed by atoms with Crippen molar-refractivity contribution in [3.63, 3.8) is 0 Å². The number of urea groups is 1. The van der Waals surface area contributed by atoms with Crippen LogP contribution in [-0.4, -0.2) is 65.5 Å². The van der Waals surface area contributed by atoms with Crippen LogP contribution in [0.15, 0.2) is 24.5 Å². The summed E-state index contributed by atoms with van der Waals surface area (Å²) in [5.41, 5.74) is 1.02. The predicted octanol–water partition coefficient (Wildman–Crippen LogP) is 1.60. The molecule has 1 aromatic heterocycles. The first-order valence-corrected chi connectivity index (χ1v) is 10.1. The van der Waals surface area contributed by atoms with Gasteiger partial charge in [0, 0.05) is 51.2 Å². The molecule has 0 aliphatic carbocycles. The molecule has 7 heteroatoms. The van der Waals surface area contributed by atoms with Gasteiger partial charge in [0.05, 0.1) is 5.92 Å². The van der Waals surface area contributed by atoms with E-state index in [1.807, 2.05) is 24.0 Å². The second-order valence-electron chi connectivity index (χ2n) is 7.47. The van der Waals surface area contributed by atoms with Crippen LogP contribution in [0.3, 0.4) is 0 Å². The minimum absolute atomic E-state index is 0.0438. The lowest BCUT2D eigenvalue weighted by Gasteiger charge is -2.42. The summed E-state index contributed by atoms with van der Waals surface area (Å²) in [4.78, 5) is 33.0. The fourth-order valence-electron chi connectivity index (χ4n) is 4.09. The van der Waals surface area contributed by atoms with Gasteiger partial charge in [-0.3, -0.25) is 14.7 Å². The fraction of sp³-hybridized carbons (Fsp3) is 0.650. The third kappa shape index (κ3) is 5.42. The Balaban J connectivity index is 1.45. The SMILES string of the molecule is CCNC(=O)N1CCC(N2CCC[C@@H](C(=O)NCc3cccnc3)C2)CC1. The number of hydrogen-bond acceptors (Lipinski definition) is 4. The van der Waals surface area contributed by atoms with E-state index in [0.717, 1.165) is 57.4 Å². The first-order chi connectivity index (χ1) is 13.2. The highest BCUT2D eigenvalue weighted by atomic mass is 16.2. The minimum Gasteiger partial charge on any atom is -0.352 e. The van der Waals surface area contributed by atoms with Crippen LogP contribution in [0.1, 0.15) is 38.2 Å². The second kappa shape index (κ2) is 9.69. The van der Waals surface area contributed by atoms with Crippen molar-refractivity contribution >= 4 is 11.9 Å². The zero-order valence-corrected chi connectivity index (χ0v) is 16.2. The van der Waals surface area contributed by atoms with Gasteiger partial charge >= 0.3 is 6.03 Å². The molecule has 7 nitrogen and oxygen atoms in total. The van der Waals surface area contributed by atoms with Crippen molar-refractivity contribution in [2.45, 2.75) is 45.2 Å². The minimum atomic E-state index is 0.0438. The van der Waals surface area contributed by atoms with Gasteiger partial charge in [0.2, 0.25) is 5.91 Å². The molecule has 0 spiro atoms. The van der Waals surface area contributed by atoms with E-state index >= 15 is 0 Å². The van der Waals surface area contributed by atoms with E-state index in [0.29, 0.717) is 19.1 Å². The number of nitrogens with zero attached hydrogens (tertiary/aromatic N) is 3. The van der Waals surface area contributed by atoms with Crippen LogP contribution in [0.5, 0.6) is 0 Å². The standard InChI is InChI=1S/C20H31N5O2/c1-2-22-20(27)24-11-7-18(8-12-24)25-10-4-6-17(15-25)19(26)23-14-16-5-3-9-21-13-16/h3,5,9,13,17-18H,2,4,6-8,10-12,14-15H2,1H3,(H,22,27)(H,23,26)/t17-/m1/s1. The fourth-order valence-corrected chi connectivity index (χ4v) is 4.09. The molecule has 0 saturated carbocycles.